The number of benzene rings is 10. The van der Waals surface area contributed by atoms with Gasteiger partial charge < -0.3 is 9.32 Å². The summed E-state index contributed by atoms with van der Waals surface area (Å²) in [4.78, 5) is 2.47. The Bertz CT molecular complexity index is 3500. The molecule has 1 aromatic heterocycles. The minimum absolute atomic E-state index is 0.156. The molecule has 0 bridgehead atoms. The molecule has 12 rings (SSSR count). The van der Waals surface area contributed by atoms with Crippen LogP contribution in [-0.4, -0.2) is 0 Å². The lowest BCUT2D eigenvalue weighted by molar-refractivity contribution is 0.660. The van der Waals surface area contributed by atoms with Crippen molar-refractivity contribution in [2.75, 3.05) is 4.90 Å². The lowest BCUT2D eigenvalue weighted by Crippen LogP contribution is -2.17. The van der Waals surface area contributed by atoms with E-state index in [2.05, 4.69) is 225 Å². The minimum atomic E-state index is -0.156. The third-order valence-corrected chi connectivity index (χ3v) is 13.1. The first-order chi connectivity index (χ1) is 30.0. The summed E-state index contributed by atoms with van der Waals surface area (Å²) in [6.07, 6.45) is 0. The van der Waals surface area contributed by atoms with Crippen LogP contribution in [0.2, 0.25) is 0 Å². The number of rotatable bonds is 6. The van der Waals surface area contributed by atoms with E-state index >= 15 is 0 Å². The summed E-state index contributed by atoms with van der Waals surface area (Å²) in [5.41, 5.74) is 17.2. The molecule has 0 aliphatic heterocycles. The molecule has 0 saturated carbocycles. The van der Waals surface area contributed by atoms with Crippen LogP contribution in [0.5, 0.6) is 0 Å². The van der Waals surface area contributed by atoms with Gasteiger partial charge in [-0.25, -0.2) is 0 Å². The summed E-state index contributed by atoms with van der Waals surface area (Å²) < 4.78 is 6.51. The second kappa shape index (κ2) is 13.7. The van der Waals surface area contributed by atoms with Crippen LogP contribution < -0.4 is 4.90 Å². The van der Waals surface area contributed by atoms with E-state index in [0.29, 0.717) is 0 Å². The van der Waals surface area contributed by atoms with Crippen LogP contribution in [0.25, 0.3) is 88.0 Å². The molecule has 11 aromatic rings. The molecular weight excluding hydrogens is 739 g/mol. The summed E-state index contributed by atoms with van der Waals surface area (Å²) in [6, 6.07) is 77.6. The molecule has 0 N–H and O–H groups in total. The first kappa shape index (κ1) is 35.3. The van der Waals surface area contributed by atoms with Crippen molar-refractivity contribution in [2.45, 2.75) is 19.3 Å². The zero-order chi connectivity index (χ0) is 40.7. The van der Waals surface area contributed by atoms with E-state index < -0.39 is 0 Å². The Morgan fingerprint density at radius 3 is 1.82 bits per heavy atom. The molecule has 288 valence electrons. The highest BCUT2D eigenvalue weighted by Gasteiger charge is 2.36. The van der Waals surface area contributed by atoms with Gasteiger partial charge in [0.2, 0.25) is 0 Å². The Kier molecular flexibility index (Phi) is 7.92. The molecule has 1 aliphatic rings. The quantitative estimate of drug-likeness (QED) is 0.156. The van der Waals surface area contributed by atoms with Gasteiger partial charge in [-0.15, -0.1) is 0 Å². The van der Waals surface area contributed by atoms with Crippen molar-refractivity contribution in [3.63, 3.8) is 0 Å². The third kappa shape index (κ3) is 5.56. The van der Waals surface area contributed by atoms with Crippen LogP contribution in [0.4, 0.5) is 17.1 Å². The predicted octanol–water partition coefficient (Wildman–Crippen LogP) is 16.7. The van der Waals surface area contributed by atoms with Crippen molar-refractivity contribution in [1.82, 2.24) is 0 Å². The summed E-state index contributed by atoms with van der Waals surface area (Å²) in [6.45, 7) is 4.72. The predicted molar refractivity (Wildman–Crippen MR) is 257 cm³/mol. The number of fused-ring (bicyclic) bond motifs is 9. The summed E-state index contributed by atoms with van der Waals surface area (Å²) >= 11 is 0. The fraction of sp³-hybridized carbons (Fsp3) is 0.0508. The Morgan fingerprint density at radius 2 is 0.967 bits per heavy atom. The van der Waals surface area contributed by atoms with E-state index in [1.165, 1.54) is 60.5 Å². The smallest absolute Gasteiger partial charge is 0.143 e. The monoisotopic (exact) mass is 779 g/mol. The van der Waals surface area contributed by atoms with Gasteiger partial charge in [0.25, 0.3) is 0 Å². The number of para-hydroxylation sites is 2. The molecule has 0 atom stereocenters. The van der Waals surface area contributed by atoms with Gasteiger partial charge in [-0.1, -0.05) is 184 Å². The third-order valence-electron chi connectivity index (χ3n) is 13.1. The van der Waals surface area contributed by atoms with Gasteiger partial charge in [0.05, 0.1) is 5.69 Å². The van der Waals surface area contributed by atoms with Crippen LogP contribution in [-0.2, 0) is 5.41 Å². The summed E-state index contributed by atoms with van der Waals surface area (Å²) in [7, 11) is 0. The van der Waals surface area contributed by atoms with E-state index in [0.717, 1.165) is 55.7 Å². The zero-order valence-corrected chi connectivity index (χ0v) is 34.1. The second-order valence-electron chi connectivity index (χ2n) is 16.9. The molecule has 1 heterocycles. The van der Waals surface area contributed by atoms with Crippen LogP contribution in [0, 0.1) is 0 Å². The maximum Gasteiger partial charge on any atom is 0.143 e. The van der Waals surface area contributed by atoms with Gasteiger partial charge in [0.1, 0.15) is 11.2 Å². The number of hydrogen-bond donors (Lipinski definition) is 0. The normalized spacial score (nSPS) is 12.9. The molecule has 0 unspecified atom stereocenters. The average Bonchev–Trinajstić information content (AvgIpc) is 3.81. The first-order valence-corrected chi connectivity index (χ1v) is 21.2. The Labute approximate surface area is 355 Å². The van der Waals surface area contributed by atoms with E-state index in [1.54, 1.807) is 0 Å². The largest absolute Gasteiger partial charge is 0.455 e. The van der Waals surface area contributed by atoms with Crippen molar-refractivity contribution in [2.24, 2.45) is 0 Å². The maximum atomic E-state index is 6.51. The molecule has 0 spiro atoms. The van der Waals surface area contributed by atoms with E-state index in [-0.39, 0.29) is 5.41 Å². The summed E-state index contributed by atoms with van der Waals surface area (Å²) in [5, 5.41) is 7.27. The van der Waals surface area contributed by atoms with Crippen molar-refractivity contribution >= 4 is 60.5 Å². The van der Waals surface area contributed by atoms with E-state index in [1.807, 2.05) is 6.07 Å². The van der Waals surface area contributed by atoms with Crippen molar-refractivity contribution in [3.05, 3.63) is 223 Å². The number of anilines is 3. The number of hydrogen-bond acceptors (Lipinski definition) is 2. The van der Waals surface area contributed by atoms with Crippen LogP contribution >= 0.6 is 0 Å². The van der Waals surface area contributed by atoms with Gasteiger partial charge in [-0.05, 0) is 109 Å². The SMILES string of the molecule is CC1(C)c2ccccc2-c2ccc(N(c3ccc(-c4cccc5c4oc4ccccc45)cc3)c3cc(-c4cc5ccccc5c5ccccc45)ccc3-c3ccccc3)cc21. The van der Waals surface area contributed by atoms with Gasteiger partial charge in [-0.2, -0.15) is 0 Å². The van der Waals surface area contributed by atoms with Crippen molar-refractivity contribution < 1.29 is 4.42 Å². The Balaban J connectivity index is 1.09. The van der Waals surface area contributed by atoms with Crippen LogP contribution in [0.3, 0.4) is 0 Å². The molecule has 1 aliphatic carbocycles. The van der Waals surface area contributed by atoms with Gasteiger partial charge in [0.15, 0.2) is 0 Å². The number of nitrogens with zero attached hydrogens (tertiary/aromatic N) is 1. The topological polar surface area (TPSA) is 16.4 Å². The standard InChI is InChI=1S/C59H41NO/c1-59(2)54-25-12-10-21-49(54)50-34-32-43(37-55(50)59)60(42-30-27-39(28-31-42)46-23-14-24-52-51-22-11-13-26-57(51)61-58(46)52)56-36-41(29-33-45(56)38-15-4-3-5-16-38)53-35-40-17-6-7-18-44(40)47-19-8-9-20-48(47)53/h3-37H,1-2H3. The fourth-order valence-electron chi connectivity index (χ4n) is 10.1. The van der Waals surface area contributed by atoms with Crippen molar-refractivity contribution in [3.8, 4) is 44.5 Å². The van der Waals surface area contributed by atoms with Gasteiger partial charge in [0, 0.05) is 38.7 Å². The molecular formula is C59H41NO. The molecule has 2 nitrogen and oxygen atoms in total. The minimum Gasteiger partial charge on any atom is -0.455 e. The lowest BCUT2D eigenvalue weighted by Gasteiger charge is -2.30. The molecule has 0 saturated heterocycles. The average molecular weight is 780 g/mol. The van der Waals surface area contributed by atoms with Gasteiger partial charge in [-0.3, -0.25) is 0 Å². The Morgan fingerprint density at radius 1 is 0.361 bits per heavy atom. The highest BCUT2D eigenvalue weighted by Crippen LogP contribution is 2.52. The lowest BCUT2D eigenvalue weighted by atomic mass is 9.82. The maximum absolute atomic E-state index is 6.51. The van der Waals surface area contributed by atoms with Crippen LogP contribution in [0.15, 0.2) is 217 Å². The number of furan rings is 1. The van der Waals surface area contributed by atoms with Crippen LogP contribution in [0.1, 0.15) is 25.0 Å². The molecule has 61 heavy (non-hydrogen) atoms. The summed E-state index contributed by atoms with van der Waals surface area (Å²) in [5.74, 6) is 0. The Hall–Kier alpha value is -7.68. The van der Waals surface area contributed by atoms with Gasteiger partial charge >= 0.3 is 0 Å². The molecule has 0 radical (unpaired) electrons. The molecule has 0 fully saturated rings. The highest BCUT2D eigenvalue weighted by atomic mass is 16.3. The van der Waals surface area contributed by atoms with E-state index in [4.69, 9.17) is 4.42 Å². The van der Waals surface area contributed by atoms with Crippen molar-refractivity contribution in [1.29, 1.82) is 0 Å². The second-order valence-corrected chi connectivity index (χ2v) is 16.9. The van der Waals surface area contributed by atoms with E-state index in [9.17, 15) is 0 Å². The zero-order valence-electron chi connectivity index (χ0n) is 34.1. The highest BCUT2D eigenvalue weighted by molar-refractivity contribution is 6.14. The molecule has 2 heteroatoms. The molecule has 10 aromatic carbocycles. The fourth-order valence-corrected chi connectivity index (χ4v) is 10.1. The molecule has 0 amide bonds. The first-order valence-electron chi connectivity index (χ1n) is 21.2.